The van der Waals surface area contributed by atoms with Crippen molar-refractivity contribution in [2.24, 2.45) is 0 Å². The topological polar surface area (TPSA) is 66.7 Å². The Balaban J connectivity index is 2.35. The Labute approximate surface area is 115 Å². The van der Waals surface area contributed by atoms with E-state index >= 15 is 0 Å². The van der Waals surface area contributed by atoms with E-state index < -0.39 is 4.92 Å². The van der Waals surface area contributed by atoms with Gasteiger partial charge in [-0.2, -0.15) is 0 Å². The second-order valence-electron chi connectivity index (χ2n) is 4.59. The lowest BCUT2D eigenvalue weighted by Gasteiger charge is -2.34. The molecule has 0 aliphatic carbocycles. The maximum absolute atomic E-state index is 11.7. The van der Waals surface area contributed by atoms with Crippen LogP contribution < -0.4 is 4.90 Å². The van der Waals surface area contributed by atoms with Crippen molar-refractivity contribution in [1.29, 1.82) is 0 Å². The average Bonchev–Trinajstić information content (AvgIpc) is 2.32. The molecule has 0 N–H and O–H groups in total. The molecule has 1 saturated heterocycles. The van der Waals surface area contributed by atoms with Crippen LogP contribution in [0.1, 0.15) is 5.56 Å². The fourth-order valence-electron chi connectivity index (χ4n) is 2.17. The SMILES string of the molecule is Cc1cc([N+](=O)[O-])cc(Cl)c1N1CCN(C)C(=O)C1. The van der Waals surface area contributed by atoms with E-state index in [1.54, 1.807) is 18.9 Å². The molecule has 1 aliphatic heterocycles. The number of rotatable bonds is 2. The van der Waals surface area contributed by atoms with Crippen molar-refractivity contribution in [1.82, 2.24) is 4.90 Å². The number of piperazine rings is 1. The van der Waals surface area contributed by atoms with Crippen LogP contribution in [0.25, 0.3) is 0 Å². The number of benzene rings is 1. The van der Waals surface area contributed by atoms with E-state index in [2.05, 4.69) is 0 Å². The highest BCUT2D eigenvalue weighted by Crippen LogP contribution is 2.34. The van der Waals surface area contributed by atoms with E-state index in [0.717, 1.165) is 0 Å². The molecule has 6 nitrogen and oxygen atoms in total. The molecule has 1 fully saturated rings. The van der Waals surface area contributed by atoms with Gasteiger partial charge in [-0.15, -0.1) is 0 Å². The minimum Gasteiger partial charge on any atom is -0.359 e. The zero-order chi connectivity index (χ0) is 14.2. The van der Waals surface area contributed by atoms with Crippen molar-refractivity contribution in [2.75, 3.05) is 31.6 Å². The van der Waals surface area contributed by atoms with Crippen molar-refractivity contribution >= 4 is 28.9 Å². The van der Waals surface area contributed by atoms with Gasteiger partial charge in [0.25, 0.3) is 5.69 Å². The predicted molar refractivity (Wildman–Crippen MR) is 72.7 cm³/mol. The molecular formula is C12H14ClN3O3. The number of halogens is 1. The van der Waals surface area contributed by atoms with Crippen LogP contribution in [0.3, 0.4) is 0 Å². The third-order valence-corrected chi connectivity index (χ3v) is 3.51. The fraction of sp³-hybridized carbons (Fsp3) is 0.417. The highest BCUT2D eigenvalue weighted by Gasteiger charge is 2.25. The summed E-state index contributed by atoms with van der Waals surface area (Å²) in [4.78, 5) is 25.5. The third-order valence-electron chi connectivity index (χ3n) is 3.22. The highest BCUT2D eigenvalue weighted by atomic mass is 35.5. The summed E-state index contributed by atoms with van der Waals surface area (Å²) in [5.74, 6) is 0.0140. The minimum absolute atomic E-state index is 0.0140. The van der Waals surface area contributed by atoms with E-state index in [1.165, 1.54) is 12.1 Å². The van der Waals surface area contributed by atoms with Crippen LogP contribution in [0.2, 0.25) is 5.02 Å². The quantitative estimate of drug-likeness (QED) is 0.613. The monoisotopic (exact) mass is 283 g/mol. The summed E-state index contributed by atoms with van der Waals surface area (Å²) in [6.07, 6.45) is 0. The Kier molecular flexibility index (Phi) is 3.61. The Morgan fingerprint density at radius 3 is 2.58 bits per heavy atom. The van der Waals surface area contributed by atoms with E-state index in [4.69, 9.17) is 11.6 Å². The van der Waals surface area contributed by atoms with Gasteiger partial charge in [-0.3, -0.25) is 14.9 Å². The molecule has 0 radical (unpaired) electrons. The minimum atomic E-state index is -0.474. The summed E-state index contributed by atoms with van der Waals surface area (Å²) < 4.78 is 0. The van der Waals surface area contributed by atoms with Gasteiger partial charge < -0.3 is 9.80 Å². The number of aryl methyl sites for hydroxylation is 1. The maximum atomic E-state index is 11.7. The van der Waals surface area contributed by atoms with Crippen LogP contribution >= 0.6 is 11.6 Å². The van der Waals surface area contributed by atoms with Crippen molar-refractivity contribution in [3.05, 3.63) is 32.8 Å². The van der Waals surface area contributed by atoms with E-state index in [9.17, 15) is 14.9 Å². The van der Waals surface area contributed by atoms with Gasteiger partial charge in [0.2, 0.25) is 5.91 Å². The summed E-state index contributed by atoms with van der Waals surface area (Å²) >= 11 is 6.13. The molecule has 1 amide bonds. The summed E-state index contributed by atoms with van der Waals surface area (Å²) in [6, 6.07) is 2.80. The van der Waals surface area contributed by atoms with Crippen LogP contribution in [0.5, 0.6) is 0 Å². The molecule has 1 heterocycles. The number of nitro benzene ring substituents is 1. The van der Waals surface area contributed by atoms with Crippen LogP contribution in [-0.2, 0) is 4.79 Å². The third kappa shape index (κ3) is 2.63. The first kappa shape index (κ1) is 13.6. The zero-order valence-electron chi connectivity index (χ0n) is 10.7. The lowest BCUT2D eigenvalue weighted by Crippen LogP contribution is -2.48. The molecule has 1 aliphatic rings. The molecule has 0 saturated carbocycles. The van der Waals surface area contributed by atoms with Gasteiger partial charge in [0, 0.05) is 32.3 Å². The normalized spacial score (nSPS) is 15.8. The number of nitrogens with zero attached hydrogens (tertiary/aromatic N) is 3. The molecule has 7 heteroatoms. The Hall–Kier alpha value is -1.82. The second kappa shape index (κ2) is 5.05. The average molecular weight is 284 g/mol. The van der Waals surface area contributed by atoms with Crippen LogP contribution in [-0.4, -0.2) is 42.4 Å². The molecule has 0 aromatic heterocycles. The first-order chi connectivity index (χ1) is 8.90. The first-order valence-electron chi connectivity index (χ1n) is 5.83. The number of non-ortho nitro benzene ring substituents is 1. The number of likely N-dealkylation sites (N-methyl/N-ethyl adjacent to an activating group) is 1. The Morgan fingerprint density at radius 2 is 2.05 bits per heavy atom. The van der Waals surface area contributed by atoms with E-state index in [0.29, 0.717) is 29.4 Å². The molecule has 1 aromatic carbocycles. The molecule has 0 bridgehead atoms. The van der Waals surface area contributed by atoms with Crippen LogP contribution in [0.15, 0.2) is 12.1 Å². The molecular weight excluding hydrogens is 270 g/mol. The summed E-state index contributed by atoms with van der Waals surface area (Å²) in [7, 11) is 1.75. The van der Waals surface area contributed by atoms with E-state index in [-0.39, 0.29) is 18.1 Å². The fourth-order valence-corrected chi connectivity index (χ4v) is 2.55. The van der Waals surface area contributed by atoms with Gasteiger partial charge in [0.15, 0.2) is 0 Å². The van der Waals surface area contributed by atoms with Crippen LogP contribution in [0, 0.1) is 17.0 Å². The number of carbonyl (C=O) groups excluding carboxylic acids is 1. The first-order valence-corrected chi connectivity index (χ1v) is 6.21. The molecule has 102 valence electrons. The lowest BCUT2D eigenvalue weighted by atomic mass is 10.1. The number of anilines is 1. The predicted octanol–water partition coefficient (Wildman–Crippen LogP) is 1.84. The van der Waals surface area contributed by atoms with E-state index in [1.807, 2.05) is 4.90 Å². The number of amides is 1. The Morgan fingerprint density at radius 1 is 1.37 bits per heavy atom. The smallest absolute Gasteiger partial charge is 0.271 e. The molecule has 1 aromatic rings. The van der Waals surface area contributed by atoms with Gasteiger partial charge >= 0.3 is 0 Å². The summed E-state index contributed by atoms with van der Waals surface area (Å²) in [5, 5.41) is 11.1. The molecule has 19 heavy (non-hydrogen) atoms. The number of nitro groups is 1. The van der Waals surface area contributed by atoms with Crippen molar-refractivity contribution in [2.45, 2.75) is 6.92 Å². The molecule has 2 rings (SSSR count). The van der Waals surface area contributed by atoms with Gasteiger partial charge in [0.05, 0.1) is 22.2 Å². The number of hydrogen-bond donors (Lipinski definition) is 0. The van der Waals surface area contributed by atoms with Gasteiger partial charge in [-0.25, -0.2) is 0 Å². The summed E-state index contributed by atoms with van der Waals surface area (Å²) in [6.45, 7) is 3.29. The standard InChI is InChI=1S/C12H14ClN3O3/c1-8-5-9(16(18)19)6-10(13)12(8)15-4-3-14(2)11(17)7-15/h5-6H,3-4,7H2,1-2H3. The van der Waals surface area contributed by atoms with Crippen molar-refractivity contribution in [3.63, 3.8) is 0 Å². The maximum Gasteiger partial charge on any atom is 0.271 e. The summed E-state index contributed by atoms with van der Waals surface area (Å²) in [5.41, 5.74) is 1.37. The van der Waals surface area contributed by atoms with Crippen molar-refractivity contribution < 1.29 is 9.72 Å². The van der Waals surface area contributed by atoms with Crippen molar-refractivity contribution in [3.8, 4) is 0 Å². The largest absolute Gasteiger partial charge is 0.359 e. The van der Waals surface area contributed by atoms with Gasteiger partial charge in [0.1, 0.15) is 0 Å². The second-order valence-corrected chi connectivity index (χ2v) is 4.99. The van der Waals surface area contributed by atoms with Crippen LogP contribution in [0.4, 0.5) is 11.4 Å². The van der Waals surface area contributed by atoms with Gasteiger partial charge in [-0.05, 0) is 12.5 Å². The Bertz CT molecular complexity index is 524. The molecule has 0 atom stereocenters. The number of hydrogen-bond acceptors (Lipinski definition) is 4. The zero-order valence-corrected chi connectivity index (χ0v) is 11.5. The highest BCUT2D eigenvalue weighted by molar-refractivity contribution is 6.33. The van der Waals surface area contributed by atoms with Gasteiger partial charge in [-0.1, -0.05) is 11.6 Å². The lowest BCUT2D eigenvalue weighted by molar-refractivity contribution is -0.384. The molecule has 0 unspecified atom stereocenters. The molecule has 0 spiro atoms. The number of carbonyl (C=O) groups is 1.